The van der Waals surface area contributed by atoms with Crippen LogP contribution in [0.1, 0.15) is 10.7 Å². The van der Waals surface area contributed by atoms with E-state index in [1.54, 1.807) is 18.8 Å². The van der Waals surface area contributed by atoms with Gasteiger partial charge in [0, 0.05) is 24.1 Å². The molecule has 0 saturated carbocycles. The van der Waals surface area contributed by atoms with Gasteiger partial charge in [0.25, 0.3) is 0 Å². The summed E-state index contributed by atoms with van der Waals surface area (Å²) in [4.78, 5) is 16.9. The maximum absolute atomic E-state index is 12.4. The zero-order valence-corrected chi connectivity index (χ0v) is 11.7. The summed E-state index contributed by atoms with van der Waals surface area (Å²) in [6.07, 6.45) is -4.43. The molecular formula is C10H12F3N3OS2. The topological polar surface area (TPSA) is 45.2 Å². The lowest BCUT2D eigenvalue weighted by Crippen LogP contribution is -2.42. The summed E-state index contributed by atoms with van der Waals surface area (Å²) in [5.41, 5.74) is -0.900. The van der Waals surface area contributed by atoms with Crippen molar-refractivity contribution in [3.63, 3.8) is 0 Å². The van der Waals surface area contributed by atoms with Crippen molar-refractivity contribution in [1.82, 2.24) is 15.2 Å². The van der Waals surface area contributed by atoms with Gasteiger partial charge in [-0.25, -0.2) is 4.98 Å². The Balaban J connectivity index is 1.96. The van der Waals surface area contributed by atoms with Gasteiger partial charge in [-0.2, -0.15) is 13.2 Å². The second-order valence-corrected chi connectivity index (χ2v) is 6.06. The molecule has 1 N–H and O–H groups in total. The number of nitrogens with zero attached hydrogens (tertiary/aromatic N) is 2. The monoisotopic (exact) mass is 311 g/mol. The second kappa shape index (κ2) is 5.68. The minimum atomic E-state index is -4.43. The number of amides is 1. The summed E-state index contributed by atoms with van der Waals surface area (Å²) in [6, 6.07) is -0.253. The predicted molar refractivity (Wildman–Crippen MR) is 67.8 cm³/mol. The van der Waals surface area contributed by atoms with Crippen LogP contribution in [0.4, 0.5) is 13.2 Å². The fourth-order valence-electron chi connectivity index (χ4n) is 1.61. The van der Waals surface area contributed by atoms with Crippen molar-refractivity contribution in [2.75, 3.05) is 18.7 Å². The zero-order chi connectivity index (χ0) is 14.0. The Morgan fingerprint density at radius 2 is 2.37 bits per heavy atom. The minimum Gasteiger partial charge on any atom is -0.338 e. The highest BCUT2D eigenvalue weighted by Crippen LogP contribution is 2.30. The molecule has 0 aliphatic carbocycles. The zero-order valence-electron chi connectivity index (χ0n) is 10.0. The van der Waals surface area contributed by atoms with Crippen molar-refractivity contribution in [2.45, 2.75) is 18.8 Å². The van der Waals surface area contributed by atoms with Crippen LogP contribution in [-0.4, -0.2) is 40.5 Å². The van der Waals surface area contributed by atoms with Gasteiger partial charge in [-0.3, -0.25) is 10.1 Å². The van der Waals surface area contributed by atoms with Gasteiger partial charge in [0.1, 0.15) is 5.01 Å². The lowest BCUT2D eigenvalue weighted by molar-refractivity contribution is -0.140. The van der Waals surface area contributed by atoms with Crippen LogP contribution in [0.5, 0.6) is 0 Å². The number of rotatable bonds is 3. The number of thioether (sulfide) groups is 1. The van der Waals surface area contributed by atoms with Crippen LogP contribution in [0.25, 0.3) is 0 Å². The number of alkyl halides is 3. The van der Waals surface area contributed by atoms with E-state index in [1.807, 2.05) is 0 Å². The van der Waals surface area contributed by atoms with Crippen molar-refractivity contribution >= 4 is 29.0 Å². The van der Waals surface area contributed by atoms with Crippen LogP contribution in [-0.2, 0) is 17.5 Å². The Morgan fingerprint density at radius 3 is 2.89 bits per heavy atom. The van der Waals surface area contributed by atoms with E-state index in [4.69, 9.17) is 0 Å². The van der Waals surface area contributed by atoms with E-state index < -0.39 is 11.9 Å². The Bertz CT molecular complexity index is 457. The number of carbonyl (C=O) groups excluding carboxylic acids is 1. The first-order chi connectivity index (χ1) is 8.88. The van der Waals surface area contributed by atoms with E-state index in [0.29, 0.717) is 5.75 Å². The third kappa shape index (κ3) is 3.61. The Hall–Kier alpha value is -0.800. The fraction of sp³-hybridized carbons (Fsp3) is 0.600. The molecule has 1 aromatic rings. The SMILES string of the molecule is CN(Cc1nc(C(F)(F)F)cs1)C(=O)C1CSCN1. The number of likely N-dealkylation sites (N-methyl/N-ethyl adjacent to an activating group) is 1. The van der Waals surface area contributed by atoms with E-state index in [0.717, 1.165) is 22.6 Å². The third-order valence-corrected chi connectivity index (χ3v) is 4.38. The molecule has 0 aromatic carbocycles. The Labute approximate surface area is 116 Å². The van der Waals surface area contributed by atoms with Gasteiger partial charge in [0.2, 0.25) is 5.91 Å². The molecule has 2 heterocycles. The molecule has 106 valence electrons. The van der Waals surface area contributed by atoms with Crippen molar-refractivity contribution in [2.24, 2.45) is 0 Å². The average molecular weight is 311 g/mol. The number of hydrogen-bond acceptors (Lipinski definition) is 5. The largest absolute Gasteiger partial charge is 0.434 e. The van der Waals surface area contributed by atoms with Crippen molar-refractivity contribution < 1.29 is 18.0 Å². The highest BCUT2D eigenvalue weighted by molar-refractivity contribution is 7.99. The molecule has 0 bridgehead atoms. The summed E-state index contributed by atoms with van der Waals surface area (Å²) in [5, 5.41) is 4.28. The van der Waals surface area contributed by atoms with Crippen LogP contribution in [0, 0.1) is 0 Å². The first-order valence-corrected chi connectivity index (χ1v) is 7.49. The third-order valence-electron chi connectivity index (χ3n) is 2.61. The van der Waals surface area contributed by atoms with Crippen LogP contribution in [0.2, 0.25) is 0 Å². The molecule has 1 aliphatic heterocycles. The molecule has 1 unspecified atom stereocenters. The van der Waals surface area contributed by atoms with Crippen LogP contribution in [0.15, 0.2) is 5.38 Å². The maximum Gasteiger partial charge on any atom is 0.434 e. The van der Waals surface area contributed by atoms with E-state index in [9.17, 15) is 18.0 Å². The summed E-state index contributed by atoms with van der Waals surface area (Å²) in [7, 11) is 1.57. The summed E-state index contributed by atoms with van der Waals surface area (Å²) in [5.74, 6) is 1.29. The molecule has 4 nitrogen and oxygen atoms in total. The van der Waals surface area contributed by atoms with Gasteiger partial charge >= 0.3 is 6.18 Å². The van der Waals surface area contributed by atoms with Gasteiger partial charge in [-0.05, 0) is 0 Å². The highest BCUT2D eigenvalue weighted by Gasteiger charge is 2.34. The number of carbonyl (C=O) groups is 1. The van der Waals surface area contributed by atoms with Gasteiger partial charge in [0.05, 0.1) is 12.6 Å². The van der Waals surface area contributed by atoms with Crippen LogP contribution < -0.4 is 5.32 Å². The lowest BCUT2D eigenvalue weighted by Gasteiger charge is -2.19. The molecule has 1 fully saturated rings. The van der Waals surface area contributed by atoms with Gasteiger partial charge < -0.3 is 4.90 Å². The van der Waals surface area contributed by atoms with Crippen molar-refractivity contribution in [3.05, 3.63) is 16.1 Å². The Morgan fingerprint density at radius 1 is 1.63 bits per heavy atom. The lowest BCUT2D eigenvalue weighted by atomic mass is 10.3. The van der Waals surface area contributed by atoms with Gasteiger partial charge in [-0.1, -0.05) is 0 Å². The van der Waals surface area contributed by atoms with E-state index in [-0.39, 0.29) is 23.5 Å². The quantitative estimate of drug-likeness (QED) is 0.924. The molecule has 1 saturated heterocycles. The predicted octanol–water partition coefficient (Wildman–Crippen LogP) is 1.78. The number of nitrogens with one attached hydrogen (secondary N) is 1. The van der Waals surface area contributed by atoms with E-state index in [2.05, 4.69) is 10.3 Å². The fourth-order valence-corrected chi connectivity index (χ4v) is 3.40. The van der Waals surface area contributed by atoms with E-state index in [1.165, 1.54) is 4.90 Å². The molecular weight excluding hydrogens is 299 g/mol. The summed E-state index contributed by atoms with van der Waals surface area (Å²) in [6.45, 7) is 0.0996. The average Bonchev–Trinajstić information content (AvgIpc) is 2.97. The second-order valence-electron chi connectivity index (χ2n) is 4.09. The molecule has 1 aliphatic rings. The molecule has 1 atom stereocenters. The molecule has 0 spiro atoms. The molecule has 0 radical (unpaired) electrons. The first kappa shape index (κ1) is 14.6. The van der Waals surface area contributed by atoms with Gasteiger partial charge in [0.15, 0.2) is 5.69 Å². The maximum atomic E-state index is 12.4. The van der Waals surface area contributed by atoms with Crippen LogP contribution in [0.3, 0.4) is 0 Å². The van der Waals surface area contributed by atoms with Crippen molar-refractivity contribution in [1.29, 1.82) is 0 Å². The standard InChI is InChI=1S/C10H12F3N3OS2/c1-16(9(17)6-3-18-5-14-6)2-8-15-7(4-19-8)10(11,12)13/h4,6,14H,2-3,5H2,1H3. The number of aromatic nitrogens is 1. The smallest absolute Gasteiger partial charge is 0.338 e. The molecule has 19 heavy (non-hydrogen) atoms. The molecule has 9 heteroatoms. The first-order valence-electron chi connectivity index (χ1n) is 5.45. The summed E-state index contributed by atoms with van der Waals surface area (Å²) < 4.78 is 37.2. The van der Waals surface area contributed by atoms with E-state index >= 15 is 0 Å². The highest BCUT2D eigenvalue weighted by atomic mass is 32.2. The number of halogens is 3. The number of hydrogen-bond donors (Lipinski definition) is 1. The summed E-state index contributed by atoms with van der Waals surface area (Å²) >= 11 is 2.54. The molecule has 2 rings (SSSR count). The van der Waals surface area contributed by atoms with Gasteiger partial charge in [-0.15, -0.1) is 23.1 Å². The van der Waals surface area contributed by atoms with Crippen LogP contribution >= 0.6 is 23.1 Å². The normalized spacial score (nSPS) is 19.7. The van der Waals surface area contributed by atoms with Crippen molar-refractivity contribution in [3.8, 4) is 0 Å². The minimum absolute atomic E-state index is 0.0996. The number of thiazole rings is 1. The molecule has 1 amide bonds. The Kier molecular flexibility index (Phi) is 4.36. The molecule has 1 aromatic heterocycles.